The minimum atomic E-state index is -1.54. The molecule has 2 aromatic rings. The van der Waals surface area contributed by atoms with Gasteiger partial charge in [-0.2, -0.15) is 0 Å². The molecule has 2 aromatic carbocycles. The molecule has 4 aliphatic rings. The number of allylic oxidation sites excluding steroid dienone is 1. The molecule has 0 bridgehead atoms. The number of hydrogen-bond donors (Lipinski definition) is 3. The molecule has 6 rings (SSSR count). The second-order valence-electron chi connectivity index (χ2n) is 13.0. The molecule has 0 unspecified atom stereocenters. The van der Waals surface area contributed by atoms with Crippen LogP contribution in [0.1, 0.15) is 79.5 Å². The number of rotatable bonds is 4. The molecular formula is C35H40O9. The molecule has 234 valence electrons. The van der Waals surface area contributed by atoms with Crippen LogP contribution in [-0.2, 0) is 19.4 Å². The molecule has 4 aliphatic carbocycles. The Kier molecular flexibility index (Phi) is 8.94. The van der Waals surface area contributed by atoms with Gasteiger partial charge in [0, 0.05) is 11.8 Å². The molecule has 3 N–H and O–H groups in total. The molecule has 0 aliphatic heterocycles. The first-order valence-electron chi connectivity index (χ1n) is 15.3. The topological polar surface area (TPSA) is 147 Å². The SMILES string of the molecule is C[C@]12CCC(=O)C=C1CC[C@@H]1[C@@H]2[C@@H](O)C[C@@]2(C)[C@H]1CC[C@]2(O)C(=O)CO.O=C(OOC(=O)c1ccccc1)c1ccccc1. The van der Waals surface area contributed by atoms with Crippen LogP contribution in [0.15, 0.2) is 72.3 Å². The summed E-state index contributed by atoms with van der Waals surface area (Å²) in [4.78, 5) is 56.1. The van der Waals surface area contributed by atoms with Crippen LogP contribution in [0.3, 0.4) is 0 Å². The van der Waals surface area contributed by atoms with Crippen LogP contribution in [0.5, 0.6) is 0 Å². The number of aliphatic hydroxyl groups is 3. The maximum atomic E-state index is 12.4. The molecule has 7 atom stereocenters. The predicted molar refractivity (Wildman–Crippen MR) is 159 cm³/mol. The number of fused-ring (bicyclic) bond motifs is 5. The van der Waals surface area contributed by atoms with E-state index in [0.29, 0.717) is 30.4 Å². The van der Waals surface area contributed by atoms with Gasteiger partial charge in [-0.05, 0) is 92.0 Å². The van der Waals surface area contributed by atoms with Crippen molar-refractivity contribution in [2.45, 2.75) is 70.5 Å². The third kappa shape index (κ3) is 5.53. The molecule has 9 nitrogen and oxygen atoms in total. The fraction of sp³-hybridized carbons (Fsp3) is 0.486. The van der Waals surface area contributed by atoms with E-state index < -0.39 is 41.4 Å². The Balaban J connectivity index is 0.000000187. The zero-order chi connectivity index (χ0) is 31.7. The second-order valence-corrected chi connectivity index (χ2v) is 13.0. The van der Waals surface area contributed by atoms with E-state index in [2.05, 4.69) is 16.7 Å². The maximum Gasteiger partial charge on any atom is 0.386 e. The number of Topliss-reactive ketones (excluding diaryl/α,β-unsaturated/α-hetero) is 1. The zero-order valence-corrected chi connectivity index (χ0v) is 25.1. The van der Waals surface area contributed by atoms with Gasteiger partial charge < -0.3 is 15.3 Å². The molecule has 0 amide bonds. The summed E-state index contributed by atoms with van der Waals surface area (Å²) in [6, 6.07) is 16.6. The van der Waals surface area contributed by atoms with E-state index in [4.69, 9.17) is 0 Å². The smallest absolute Gasteiger partial charge is 0.386 e. The zero-order valence-electron chi connectivity index (χ0n) is 25.1. The number of ketones is 2. The summed E-state index contributed by atoms with van der Waals surface area (Å²) in [7, 11) is 0. The normalized spacial score (nSPS) is 33.8. The fourth-order valence-corrected chi connectivity index (χ4v) is 8.60. The van der Waals surface area contributed by atoms with Crippen LogP contribution in [0.4, 0.5) is 0 Å². The summed E-state index contributed by atoms with van der Waals surface area (Å²) in [5.41, 5.74) is -0.596. The maximum absolute atomic E-state index is 12.4. The van der Waals surface area contributed by atoms with E-state index in [-0.39, 0.29) is 29.0 Å². The van der Waals surface area contributed by atoms with E-state index in [1.54, 1.807) is 66.7 Å². The van der Waals surface area contributed by atoms with Crippen molar-refractivity contribution >= 4 is 23.5 Å². The van der Waals surface area contributed by atoms with Crippen molar-refractivity contribution in [2.75, 3.05) is 6.61 Å². The summed E-state index contributed by atoms with van der Waals surface area (Å²) in [6.45, 7) is 3.46. The quantitative estimate of drug-likeness (QED) is 0.341. The highest BCUT2D eigenvalue weighted by molar-refractivity contribution is 5.92. The molecule has 0 aromatic heterocycles. The lowest BCUT2D eigenvalue weighted by atomic mass is 9.45. The third-order valence-corrected chi connectivity index (χ3v) is 10.9. The Morgan fingerprint density at radius 2 is 1.43 bits per heavy atom. The van der Waals surface area contributed by atoms with Gasteiger partial charge in [-0.25, -0.2) is 19.4 Å². The molecule has 3 saturated carbocycles. The van der Waals surface area contributed by atoms with Gasteiger partial charge in [-0.3, -0.25) is 9.59 Å². The first kappa shape index (κ1) is 31.8. The average Bonchev–Trinajstić information content (AvgIpc) is 3.31. The van der Waals surface area contributed by atoms with E-state index in [1.165, 1.54) is 5.57 Å². The molecule has 44 heavy (non-hydrogen) atoms. The largest absolute Gasteiger partial charge is 0.393 e. The van der Waals surface area contributed by atoms with Crippen LogP contribution in [0, 0.1) is 28.6 Å². The summed E-state index contributed by atoms with van der Waals surface area (Å²) >= 11 is 0. The minimum absolute atomic E-state index is 0.0697. The van der Waals surface area contributed by atoms with E-state index in [0.717, 1.165) is 25.7 Å². The van der Waals surface area contributed by atoms with Crippen LogP contribution < -0.4 is 0 Å². The van der Waals surface area contributed by atoms with Gasteiger partial charge in [0.25, 0.3) is 0 Å². The molecule has 0 saturated heterocycles. The molecule has 3 fully saturated rings. The van der Waals surface area contributed by atoms with Crippen LogP contribution >= 0.6 is 0 Å². The number of aliphatic hydroxyl groups excluding tert-OH is 2. The van der Waals surface area contributed by atoms with E-state index in [1.807, 2.05) is 6.92 Å². The molecule has 0 spiro atoms. The van der Waals surface area contributed by atoms with Crippen LogP contribution in [0.2, 0.25) is 0 Å². The first-order valence-corrected chi connectivity index (χ1v) is 15.3. The highest BCUT2D eigenvalue weighted by Gasteiger charge is 2.68. The van der Waals surface area contributed by atoms with Gasteiger partial charge in [0.15, 0.2) is 11.6 Å². The van der Waals surface area contributed by atoms with Crippen molar-refractivity contribution in [3.05, 3.63) is 83.4 Å². The molecule has 9 heteroatoms. The van der Waals surface area contributed by atoms with Gasteiger partial charge in [-0.1, -0.05) is 55.8 Å². The van der Waals surface area contributed by atoms with Gasteiger partial charge in [-0.15, -0.1) is 0 Å². The summed E-state index contributed by atoms with van der Waals surface area (Å²) < 4.78 is 0. The lowest BCUT2D eigenvalue weighted by molar-refractivity contribution is -0.187. The molecule has 0 radical (unpaired) electrons. The highest BCUT2D eigenvalue weighted by Crippen LogP contribution is 2.67. The standard InChI is InChI=1S/C21H30O5.C14H10O4/c1-19-7-5-13(23)9-12(19)3-4-14-15-6-8-21(26,17(25)11-22)20(15,2)10-16(24)18(14)19;15-13(11-7-3-1-4-8-11)17-18-14(16)12-9-5-2-6-10-12/h9,14-16,18,22,24,26H,3-8,10-11H2,1-2H3;1-10H/t14-,15-,16-,18+,19-,20-,21-;/m0./s1. The lowest BCUT2D eigenvalue weighted by Crippen LogP contribution is -2.62. The fourth-order valence-electron chi connectivity index (χ4n) is 8.60. The highest BCUT2D eigenvalue weighted by atomic mass is 17.2. The van der Waals surface area contributed by atoms with Gasteiger partial charge in [0.2, 0.25) is 0 Å². The average molecular weight is 605 g/mol. The number of hydrogen-bond acceptors (Lipinski definition) is 9. The van der Waals surface area contributed by atoms with Gasteiger partial charge in [0.05, 0.1) is 17.2 Å². The van der Waals surface area contributed by atoms with E-state index >= 15 is 0 Å². The van der Waals surface area contributed by atoms with Crippen LogP contribution in [0.25, 0.3) is 0 Å². The Bertz CT molecular complexity index is 1390. The van der Waals surface area contributed by atoms with Crippen molar-refractivity contribution in [3.8, 4) is 0 Å². The Hall–Kier alpha value is -3.66. The van der Waals surface area contributed by atoms with Crippen molar-refractivity contribution in [3.63, 3.8) is 0 Å². The molecule has 0 heterocycles. The van der Waals surface area contributed by atoms with Gasteiger partial charge in [0.1, 0.15) is 12.2 Å². The number of carbonyl (C=O) groups excluding carboxylic acids is 4. The van der Waals surface area contributed by atoms with Crippen LogP contribution in [-0.4, -0.2) is 57.1 Å². The van der Waals surface area contributed by atoms with Gasteiger partial charge >= 0.3 is 11.9 Å². The predicted octanol–water partition coefficient (Wildman–Crippen LogP) is 4.40. The summed E-state index contributed by atoms with van der Waals surface area (Å²) in [5, 5.41) is 31.7. The number of benzene rings is 2. The second kappa shape index (κ2) is 12.4. The lowest BCUT2D eigenvalue weighted by Gasteiger charge is -2.60. The molecular weight excluding hydrogens is 564 g/mol. The Labute approximate surface area is 256 Å². The van der Waals surface area contributed by atoms with Crippen molar-refractivity contribution in [2.24, 2.45) is 28.6 Å². The monoisotopic (exact) mass is 604 g/mol. The third-order valence-electron chi connectivity index (χ3n) is 10.9. The van der Waals surface area contributed by atoms with Crippen molar-refractivity contribution < 1.29 is 44.3 Å². The summed E-state index contributed by atoms with van der Waals surface area (Å²) in [5.74, 6) is -1.28. The minimum Gasteiger partial charge on any atom is -0.393 e. The summed E-state index contributed by atoms with van der Waals surface area (Å²) in [6.07, 6.45) is 5.74. The Morgan fingerprint density at radius 1 is 0.864 bits per heavy atom. The van der Waals surface area contributed by atoms with Crippen molar-refractivity contribution in [1.82, 2.24) is 0 Å². The number of carbonyl (C=O) groups is 4. The van der Waals surface area contributed by atoms with Crippen molar-refractivity contribution in [1.29, 1.82) is 0 Å². The first-order chi connectivity index (χ1) is 20.9. The Morgan fingerprint density at radius 3 is 1.98 bits per heavy atom. The van der Waals surface area contributed by atoms with E-state index in [9.17, 15) is 34.5 Å².